The van der Waals surface area contributed by atoms with E-state index in [9.17, 15) is 18.7 Å². The molecule has 4 aliphatic rings. The van der Waals surface area contributed by atoms with E-state index >= 15 is 0 Å². The lowest BCUT2D eigenvalue weighted by molar-refractivity contribution is -0.124. The summed E-state index contributed by atoms with van der Waals surface area (Å²) in [6.45, 7) is 0.897. The largest absolute Gasteiger partial charge is 0.508 e. The van der Waals surface area contributed by atoms with Crippen molar-refractivity contribution in [3.63, 3.8) is 0 Å². The number of benzene rings is 2. The molecule has 4 fully saturated rings. The number of hydrogen-bond acceptors (Lipinski definition) is 3. The molecule has 1 amide bonds. The maximum atomic E-state index is 13.0. The summed E-state index contributed by atoms with van der Waals surface area (Å²) in [6.07, 6.45) is 9.09. The molecule has 0 radical (unpaired) electrons. The zero-order valence-electron chi connectivity index (χ0n) is 21.8. The minimum atomic E-state index is -2.81. The summed E-state index contributed by atoms with van der Waals surface area (Å²) in [7, 11) is 0. The summed E-state index contributed by atoms with van der Waals surface area (Å²) in [5.41, 5.74) is 5.28. The quantitative estimate of drug-likeness (QED) is 0.350. The number of carbonyl (C=O) groups excluding carboxylic acids is 1. The summed E-state index contributed by atoms with van der Waals surface area (Å²) < 4.78 is 31.8. The molecule has 4 nitrogen and oxygen atoms in total. The Morgan fingerprint density at radius 1 is 0.947 bits per heavy atom. The zero-order chi connectivity index (χ0) is 26.3. The fourth-order valence-corrected chi connectivity index (χ4v) is 7.23. The molecule has 2 aromatic carbocycles. The zero-order valence-corrected chi connectivity index (χ0v) is 21.8. The van der Waals surface area contributed by atoms with Gasteiger partial charge < -0.3 is 15.2 Å². The van der Waals surface area contributed by atoms with Gasteiger partial charge in [0.1, 0.15) is 17.4 Å². The van der Waals surface area contributed by atoms with Crippen molar-refractivity contribution in [1.82, 2.24) is 5.32 Å². The molecule has 0 heterocycles. The molecule has 38 heavy (non-hydrogen) atoms. The van der Waals surface area contributed by atoms with Crippen LogP contribution in [0.25, 0.3) is 5.57 Å². The summed E-state index contributed by atoms with van der Waals surface area (Å²) in [4.78, 5) is 11.7. The second-order valence-corrected chi connectivity index (χ2v) is 11.9. The summed E-state index contributed by atoms with van der Waals surface area (Å²) in [5.74, 6) is -0.173. The van der Waals surface area contributed by atoms with Crippen LogP contribution in [-0.2, 0) is 4.79 Å². The van der Waals surface area contributed by atoms with E-state index in [1.165, 1.54) is 49.7 Å². The van der Waals surface area contributed by atoms with Crippen molar-refractivity contribution in [1.29, 1.82) is 0 Å². The van der Waals surface area contributed by atoms with Gasteiger partial charge in [0.05, 0.1) is 6.61 Å². The number of fused-ring (bicyclic) bond motifs is 2. The Labute approximate surface area is 223 Å². The Kier molecular flexibility index (Phi) is 6.92. The van der Waals surface area contributed by atoms with Crippen molar-refractivity contribution < 1.29 is 23.4 Å². The van der Waals surface area contributed by atoms with Crippen LogP contribution in [0, 0.1) is 29.6 Å². The average molecular weight is 522 g/mol. The molecule has 2 aromatic rings. The first-order valence-electron chi connectivity index (χ1n) is 14.3. The van der Waals surface area contributed by atoms with Crippen LogP contribution in [0.4, 0.5) is 8.78 Å². The number of amides is 1. The Hall–Kier alpha value is -2.89. The highest BCUT2D eigenvalue weighted by Gasteiger charge is 2.61. The highest BCUT2D eigenvalue weighted by atomic mass is 19.3. The van der Waals surface area contributed by atoms with Crippen LogP contribution in [0.5, 0.6) is 11.5 Å². The number of ether oxygens (including phenoxy) is 1. The fraction of sp³-hybridized carbons (Fsp3) is 0.531. The smallest absolute Gasteiger partial charge is 0.260 e. The van der Waals surface area contributed by atoms with E-state index in [-0.39, 0.29) is 12.2 Å². The van der Waals surface area contributed by atoms with Gasteiger partial charge >= 0.3 is 0 Å². The van der Waals surface area contributed by atoms with E-state index < -0.39 is 17.7 Å². The summed E-state index contributed by atoms with van der Waals surface area (Å²) >= 11 is 0. The van der Waals surface area contributed by atoms with Gasteiger partial charge in [0.15, 0.2) is 0 Å². The van der Waals surface area contributed by atoms with Crippen molar-refractivity contribution in [2.24, 2.45) is 29.6 Å². The number of phenolic OH excluding ortho intramolecular Hbond substituents is 1. The molecule has 0 aromatic heterocycles. The molecule has 5 atom stereocenters. The standard InChI is InChI=1S/C32H37F2NO3/c33-32(34)19-29(32)31(37)35-13-1-2-14-38-27-11-7-22(8-12-27)30(21-5-9-26(36)10-6-21)28-18-23-4-3-20-15-24(23)17-25(28)16-20/h5-12,20,23-25,29,36H,1-4,13-19H2,(H,35,37)/b30-28-. The van der Waals surface area contributed by atoms with Gasteiger partial charge in [-0.05, 0) is 110 Å². The van der Waals surface area contributed by atoms with Crippen LogP contribution in [0.15, 0.2) is 54.1 Å². The minimum Gasteiger partial charge on any atom is -0.508 e. The molecule has 6 rings (SSSR count). The number of alkyl halides is 2. The molecule has 5 unspecified atom stereocenters. The number of aromatic hydroxyl groups is 1. The first kappa shape index (κ1) is 25.4. The number of nitrogens with one attached hydrogen (secondary N) is 1. The lowest BCUT2D eigenvalue weighted by Gasteiger charge is -2.50. The van der Waals surface area contributed by atoms with Gasteiger partial charge in [0.2, 0.25) is 5.91 Å². The van der Waals surface area contributed by atoms with Crippen LogP contribution in [0.3, 0.4) is 0 Å². The van der Waals surface area contributed by atoms with Crippen LogP contribution in [0.2, 0.25) is 0 Å². The molecule has 3 bridgehead atoms. The lowest BCUT2D eigenvalue weighted by Crippen LogP contribution is -2.38. The first-order valence-corrected chi connectivity index (χ1v) is 14.3. The van der Waals surface area contributed by atoms with Crippen molar-refractivity contribution >= 4 is 11.5 Å². The van der Waals surface area contributed by atoms with E-state index in [1.807, 2.05) is 24.3 Å². The second kappa shape index (κ2) is 10.3. The maximum Gasteiger partial charge on any atom is 0.260 e. The molecular weight excluding hydrogens is 484 g/mol. The molecule has 2 N–H and O–H groups in total. The highest BCUT2D eigenvalue weighted by Crippen LogP contribution is 2.56. The van der Waals surface area contributed by atoms with Gasteiger partial charge in [0, 0.05) is 13.0 Å². The molecule has 202 valence electrons. The number of unbranched alkanes of at least 4 members (excludes halogenated alkanes) is 1. The summed E-state index contributed by atoms with van der Waals surface area (Å²) in [6, 6.07) is 16.0. The summed E-state index contributed by atoms with van der Waals surface area (Å²) in [5, 5.41) is 12.5. The first-order chi connectivity index (χ1) is 18.4. The van der Waals surface area contributed by atoms with Crippen LogP contribution in [0.1, 0.15) is 68.9 Å². The van der Waals surface area contributed by atoms with Gasteiger partial charge in [-0.2, -0.15) is 0 Å². The van der Waals surface area contributed by atoms with Crippen molar-refractivity contribution in [2.45, 2.75) is 63.7 Å². The minimum absolute atomic E-state index is 0.285. The number of hydrogen-bond donors (Lipinski definition) is 2. The predicted octanol–water partition coefficient (Wildman–Crippen LogP) is 6.97. The number of phenols is 1. The third kappa shape index (κ3) is 5.32. The third-order valence-corrected chi connectivity index (χ3v) is 9.33. The van der Waals surface area contributed by atoms with Gasteiger partial charge in [0.25, 0.3) is 5.92 Å². The van der Waals surface area contributed by atoms with Crippen LogP contribution < -0.4 is 10.1 Å². The van der Waals surface area contributed by atoms with E-state index in [0.717, 1.165) is 35.5 Å². The van der Waals surface area contributed by atoms with E-state index in [1.54, 1.807) is 17.7 Å². The maximum absolute atomic E-state index is 13.0. The molecular formula is C32H37F2NO3. The molecule has 0 saturated heterocycles. The predicted molar refractivity (Wildman–Crippen MR) is 143 cm³/mol. The molecule has 0 spiro atoms. The lowest BCUT2D eigenvalue weighted by atomic mass is 9.55. The number of rotatable bonds is 9. The Morgan fingerprint density at radius 2 is 1.66 bits per heavy atom. The van der Waals surface area contributed by atoms with Crippen molar-refractivity contribution in [2.75, 3.05) is 13.2 Å². The molecule has 0 aliphatic heterocycles. The Morgan fingerprint density at radius 3 is 2.37 bits per heavy atom. The van der Waals surface area contributed by atoms with Gasteiger partial charge in [-0.15, -0.1) is 0 Å². The van der Waals surface area contributed by atoms with Crippen molar-refractivity contribution in [3.05, 3.63) is 65.2 Å². The van der Waals surface area contributed by atoms with E-state index in [0.29, 0.717) is 25.5 Å². The van der Waals surface area contributed by atoms with E-state index in [4.69, 9.17) is 4.74 Å². The number of allylic oxidation sites excluding steroid dienone is 1. The van der Waals surface area contributed by atoms with Gasteiger partial charge in [-0.3, -0.25) is 4.79 Å². The van der Waals surface area contributed by atoms with E-state index in [2.05, 4.69) is 17.4 Å². The van der Waals surface area contributed by atoms with Crippen LogP contribution >= 0.6 is 0 Å². The number of halogens is 2. The Bertz CT molecular complexity index is 1190. The van der Waals surface area contributed by atoms with Crippen LogP contribution in [-0.4, -0.2) is 30.1 Å². The topological polar surface area (TPSA) is 58.6 Å². The average Bonchev–Trinajstić information content (AvgIpc) is 3.56. The Balaban J connectivity index is 1.11. The molecule has 4 saturated carbocycles. The van der Waals surface area contributed by atoms with Crippen molar-refractivity contribution in [3.8, 4) is 11.5 Å². The fourth-order valence-electron chi connectivity index (χ4n) is 7.23. The van der Waals surface area contributed by atoms with Gasteiger partial charge in [-0.25, -0.2) is 8.78 Å². The van der Waals surface area contributed by atoms with Gasteiger partial charge in [-0.1, -0.05) is 36.3 Å². The molecule has 4 aliphatic carbocycles. The normalized spacial score (nSPS) is 30.0. The highest BCUT2D eigenvalue weighted by molar-refractivity contribution is 5.83. The number of carbonyl (C=O) groups is 1. The monoisotopic (exact) mass is 521 g/mol. The SMILES string of the molecule is O=C(NCCCCOc1ccc(/C(=C2/CC3CCC4CC2CC3C4)c2ccc(O)cc2)cc1)C1CC1(F)F. The molecule has 6 heteroatoms. The second-order valence-electron chi connectivity index (χ2n) is 11.9. The third-order valence-electron chi connectivity index (χ3n) is 9.33.